The molecule has 33 heavy (non-hydrogen) atoms. The highest BCUT2D eigenvalue weighted by atomic mass is 16.5. The van der Waals surface area contributed by atoms with Crippen LogP contribution in [-0.2, 0) is 6.42 Å². The average Bonchev–Trinajstić information content (AvgIpc) is 3.35. The summed E-state index contributed by atoms with van der Waals surface area (Å²) in [4.78, 5) is 19.7. The number of carbonyl (C=O) groups is 1. The highest BCUT2D eigenvalue weighted by Gasteiger charge is 2.36. The fourth-order valence-electron chi connectivity index (χ4n) is 6.44. The molecule has 3 heterocycles. The highest BCUT2D eigenvalue weighted by Crippen LogP contribution is 2.42. The van der Waals surface area contributed by atoms with E-state index in [9.17, 15) is 4.79 Å². The first-order valence-corrected chi connectivity index (χ1v) is 13.3. The number of amides is 2. The molecule has 1 atom stereocenters. The third-order valence-corrected chi connectivity index (χ3v) is 8.22. The Morgan fingerprint density at radius 1 is 1.03 bits per heavy atom. The van der Waals surface area contributed by atoms with Crippen LogP contribution in [0.4, 0.5) is 10.5 Å². The fourth-order valence-corrected chi connectivity index (χ4v) is 6.44. The van der Waals surface area contributed by atoms with Gasteiger partial charge in [0.25, 0.3) is 0 Å². The smallest absolute Gasteiger partial charge is 0.317 e. The lowest BCUT2D eigenvalue weighted by Gasteiger charge is -2.37. The zero-order valence-electron chi connectivity index (χ0n) is 20.7. The number of piperazine rings is 1. The van der Waals surface area contributed by atoms with Crippen LogP contribution < -0.4 is 15.0 Å². The molecular formula is C27H42N4O2. The fraction of sp³-hybridized carbons (Fsp3) is 0.741. The molecule has 0 aromatic heterocycles. The van der Waals surface area contributed by atoms with Gasteiger partial charge in [-0.3, -0.25) is 4.90 Å². The molecule has 182 valence electrons. The van der Waals surface area contributed by atoms with Gasteiger partial charge in [0.05, 0.1) is 11.7 Å². The van der Waals surface area contributed by atoms with E-state index in [1.807, 2.05) is 0 Å². The molecule has 1 aliphatic carbocycles. The van der Waals surface area contributed by atoms with Crippen molar-refractivity contribution in [1.82, 2.24) is 15.1 Å². The lowest BCUT2D eigenvalue weighted by atomic mass is 9.83. The molecule has 3 aliphatic heterocycles. The number of rotatable bonds is 7. The van der Waals surface area contributed by atoms with E-state index in [1.165, 1.54) is 49.8 Å². The number of anilines is 1. The van der Waals surface area contributed by atoms with Crippen molar-refractivity contribution in [3.05, 3.63) is 23.8 Å². The van der Waals surface area contributed by atoms with E-state index >= 15 is 0 Å². The largest absolute Gasteiger partial charge is 0.485 e. The summed E-state index contributed by atoms with van der Waals surface area (Å²) in [5.41, 5.74) is 2.52. The van der Waals surface area contributed by atoms with E-state index in [-0.39, 0.29) is 11.6 Å². The number of nitrogens with one attached hydrogen (secondary N) is 1. The van der Waals surface area contributed by atoms with Gasteiger partial charge in [-0.1, -0.05) is 31.4 Å². The van der Waals surface area contributed by atoms with Crippen LogP contribution in [0.2, 0.25) is 0 Å². The molecule has 1 aromatic carbocycles. The van der Waals surface area contributed by atoms with Crippen LogP contribution in [0.1, 0.15) is 64.4 Å². The molecule has 2 saturated heterocycles. The molecule has 5 rings (SSSR count). The predicted octanol–water partition coefficient (Wildman–Crippen LogP) is 4.28. The summed E-state index contributed by atoms with van der Waals surface area (Å²) in [5, 5.41) is 3.11. The molecule has 0 spiro atoms. The van der Waals surface area contributed by atoms with Crippen LogP contribution >= 0.6 is 0 Å². The van der Waals surface area contributed by atoms with Gasteiger partial charge in [-0.15, -0.1) is 0 Å². The van der Waals surface area contributed by atoms with Crippen LogP contribution in [0, 0.1) is 5.92 Å². The summed E-state index contributed by atoms with van der Waals surface area (Å²) in [6, 6.07) is 7.21. The number of urea groups is 1. The number of hydrogen-bond donors (Lipinski definition) is 1. The first-order chi connectivity index (χ1) is 16.0. The van der Waals surface area contributed by atoms with Gasteiger partial charge >= 0.3 is 6.03 Å². The van der Waals surface area contributed by atoms with Crippen LogP contribution in [0.25, 0.3) is 0 Å². The number of fused-ring (bicyclic) bond motifs is 1. The van der Waals surface area contributed by atoms with Gasteiger partial charge in [0, 0.05) is 51.3 Å². The Morgan fingerprint density at radius 2 is 1.79 bits per heavy atom. The average molecular weight is 455 g/mol. The minimum Gasteiger partial charge on any atom is -0.485 e. The van der Waals surface area contributed by atoms with Crippen molar-refractivity contribution in [2.45, 2.75) is 76.9 Å². The maximum Gasteiger partial charge on any atom is 0.317 e. The molecule has 0 bridgehead atoms. The Hall–Kier alpha value is -1.95. The van der Waals surface area contributed by atoms with E-state index in [0.717, 1.165) is 64.4 Å². The van der Waals surface area contributed by atoms with Crippen LogP contribution in [0.5, 0.6) is 5.75 Å². The standard InChI is InChI=1S/C27H42N4O2/c1-27(2)19-22-11-8-12-23(25(22)33-27)30-17-15-29(16-18-30)13-6-7-14-31-24(20-28-26(31)32)21-9-4-3-5-10-21/h8,11-12,21,24H,3-7,9-10,13-20H2,1-2H3,(H,28,32). The number of para-hydroxylation sites is 1. The van der Waals surface area contributed by atoms with Gasteiger partial charge in [0.15, 0.2) is 0 Å². The number of hydrogen-bond acceptors (Lipinski definition) is 4. The molecular weight excluding hydrogens is 412 g/mol. The van der Waals surface area contributed by atoms with E-state index in [1.54, 1.807) is 0 Å². The third-order valence-electron chi connectivity index (χ3n) is 8.22. The second kappa shape index (κ2) is 9.73. The van der Waals surface area contributed by atoms with E-state index in [0.29, 0.717) is 12.0 Å². The quantitative estimate of drug-likeness (QED) is 0.625. The Balaban J connectivity index is 1.06. The van der Waals surface area contributed by atoms with Crippen molar-refractivity contribution in [2.75, 3.05) is 50.7 Å². The summed E-state index contributed by atoms with van der Waals surface area (Å²) in [7, 11) is 0. The number of unbranched alkanes of at least 4 members (excludes halogenated alkanes) is 1. The van der Waals surface area contributed by atoms with Gasteiger partial charge in [0.1, 0.15) is 11.4 Å². The van der Waals surface area contributed by atoms with Gasteiger partial charge in [0.2, 0.25) is 0 Å². The Labute approximate surface area is 199 Å². The summed E-state index contributed by atoms with van der Waals surface area (Å²) in [5.74, 6) is 1.81. The molecule has 2 amide bonds. The molecule has 1 unspecified atom stereocenters. The van der Waals surface area contributed by atoms with Crippen molar-refractivity contribution in [3.8, 4) is 5.75 Å². The first-order valence-electron chi connectivity index (χ1n) is 13.3. The molecule has 3 fully saturated rings. The molecule has 4 aliphatic rings. The number of benzene rings is 1. The lowest BCUT2D eigenvalue weighted by Crippen LogP contribution is -2.47. The monoisotopic (exact) mass is 454 g/mol. The highest BCUT2D eigenvalue weighted by molar-refractivity contribution is 5.77. The Bertz CT molecular complexity index is 827. The normalized spacial score (nSPS) is 25.8. The summed E-state index contributed by atoms with van der Waals surface area (Å²) < 4.78 is 6.30. The molecule has 1 N–H and O–H groups in total. The van der Waals surface area contributed by atoms with Crippen molar-refractivity contribution >= 4 is 11.7 Å². The van der Waals surface area contributed by atoms with Gasteiger partial charge in [-0.05, 0) is 58.1 Å². The second-order valence-electron chi connectivity index (χ2n) is 11.2. The summed E-state index contributed by atoms with van der Waals surface area (Å²) in [6.45, 7) is 11.6. The summed E-state index contributed by atoms with van der Waals surface area (Å²) >= 11 is 0. The molecule has 6 heteroatoms. The maximum atomic E-state index is 12.4. The molecule has 0 radical (unpaired) electrons. The predicted molar refractivity (Wildman–Crippen MR) is 133 cm³/mol. The van der Waals surface area contributed by atoms with Crippen LogP contribution in [0.15, 0.2) is 18.2 Å². The first kappa shape index (κ1) is 22.8. The number of ether oxygens (including phenoxy) is 1. The summed E-state index contributed by atoms with van der Waals surface area (Å²) in [6.07, 6.45) is 9.91. The minimum absolute atomic E-state index is 0.0947. The maximum absolute atomic E-state index is 12.4. The van der Waals surface area contributed by atoms with Crippen molar-refractivity contribution < 1.29 is 9.53 Å². The van der Waals surface area contributed by atoms with Gasteiger partial charge in [-0.2, -0.15) is 0 Å². The SMILES string of the molecule is CC1(C)Cc2cccc(N3CCN(CCCCN4C(=O)NCC4C4CCCCC4)CC3)c2O1. The second-order valence-corrected chi connectivity index (χ2v) is 11.2. The zero-order chi connectivity index (χ0) is 22.8. The van der Waals surface area contributed by atoms with Crippen LogP contribution in [-0.4, -0.2) is 73.3 Å². The van der Waals surface area contributed by atoms with Crippen LogP contribution in [0.3, 0.4) is 0 Å². The van der Waals surface area contributed by atoms with Gasteiger partial charge in [-0.25, -0.2) is 4.79 Å². The lowest BCUT2D eigenvalue weighted by molar-refractivity contribution is 0.138. The molecule has 1 saturated carbocycles. The van der Waals surface area contributed by atoms with Gasteiger partial charge < -0.3 is 19.9 Å². The Morgan fingerprint density at radius 3 is 2.58 bits per heavy atom. The minimum atomic E-state index is -0.0947. The topological polar surface area (TPSA) is 48.0 Å². The van der Waals surface area contributed by atoms with E-state index in [4.69, 9.17) is 4.74 Å². The number of carbonyl (C=O) groups excluding carboxylic acids is 1. The molecule has 1 aromatic rings. The number of nitrogens with zero attached hydrogens (tertiary/aromatic N) is 3. The third kappa shape index (κ3) is 5.11. The van der Waals surface area contributed by atoms with Crippen molar-refractivity contribution in [1.29, 1.82) is 0 Å². The molecule has 6 nitrogen and oxygen atoms in total. The zero-order valence-corrected chi connectivity index (χ0v) is 20.7. The Kier molecular flexibility index (Phi) is 6.73. The van der Waals surface area contributed by atoms with Crippen molar-refractivity contribution in [2.24, 2.45) is 5.92 Å². The van der Waals surface area contributed by atoms with E-state index < -0.39 is 0 Å². The van der Waals surface area contributed by atoms with Crippen molar-refractivity contribution in [3.63, 3.8) is 0 Å². The van der Waals surface area contributed by atoms with E-state index in [2.05, 4.69) is 52.1 Å².